The Kier molecular flexibility index (Phi) is 14.1. The number of carbonyl (C=O) groups is 1. The molecule has 0 amide bonds. The molecule has 7 heavy (non-hydrogen) atoms. The van der Waals surface area contributed by atoms with Crippen LogP contribution in [0.5, 0.6) is 0 Å². The number of alkyl halides is 1. The van der Waals surface area contributed by atoms with Gasteiger partial charge in [-0.1, -0.05) is 0 Å². The second-order valence-corrected chi connectivity index (χ2v) is 1.10. The Hall–Kier alpha value is 0.292. The van der Waals surface area contributed by atoms with Crippen molar-refractivity contribution < 1.29 is 8.58 Å². The van der Waals surface area contributed by atoms with Crippen molar-refractivity contribution in [3.8, 4) is 0 Å². The molecule has 0 aromatic carbocycles. The van der Waals surface area contributed by atoms with Crippen LogP contribution in [-0.4, -0.2) is 29.0 Å². The lowest BCUT2D eigenvalue weighted by molar-refractivity contribution is -0.131. The molecule has 2 nitrogen and oxygen atoms in total. The molecule has 0 fully saturated rings. The van der Waals surface area contributed by atoms with Crippen LogP contribution in [0.2, 0.25) is 0 Å². The summed E-state index contributed by atoms with van der Waals surface area (Å²) in [5.74, 6) is -0.184. The third-order valence-electron chi connectivity index (χ3n) is 0.287. The largest absolute Gasteiger partial charge is 0.622 e. The van der Waals surface area contributed by atoms with Crippen molar-refractivity contribution >= 4 is 34.2 Å². The van der Waals surface area contributed by atoms with Gasteiger partial charge in [0.05, 0.1) is 0 Å². The fourth-order valence-corrected chi connectivity index (χ4v) is 0. The fourth-order valence-electron chi connectivity index (χ4n) is 0. The van der Waals surface area contributed by atoms with Gasteiger partial charge in [0, 0.05) is 13.3 Å². The molecule has 0 aliphatic carbocycles. The highest BCUT2D eigenvalue weighted by Gasteiger charge is 1.74. The van der Waals surface area contributed by atoms with E-state index in [1.807, 2.05) is 0 Å². The molecule has 0 aliphatic rings. The van der Waals surface area contributed by atoms with Crippen molar-refractivity contribution in [3.63, 3.8) is 0 Å². The van der Waals surface area contributed by atoms with Gasteiger partial charge in [0.1, 0.15) is 0 Å². The van der Waals surface area contributed by atoms with Gasteiger partial charge < -0.3 is 3.79 Å². The van der Waals surface area contributed by atoms with E-state index < -0.39 is 0 Å². The first kappa shape index (κ1) is 10.3. The Morgan fingerprint density at radius 1 is 1.71 bits per heavy atom. The summed E-state index contributed by atoms with van der Waals surface area (Å²) in [4.78, 5) is 9.62. The summed E-state index contributed by atoms with van der Waals surface area (Å²) < 4.78 is 4.25. The Morgan fingerprint density at radius 2 is 1.86 bits per heavy atom. The number of halogens is 1. The summed E-state index contributed by atoms with van der Waals surface area (Å²) in [5, 5.41) is 0. The van der Waals surface area contributed by atoms with Crippen molar-refractivity contribution in [2.75, 3.05) is 6.38 Å². The number of hydrogen-bond donors (Lipinski definition) is 0. The normalized spacial score (nSPS) is 5.57. The van der Waals surface area contributed by atoms with Crippen LogP contribution in [0.25, 0.3) is 0 Å². The summed E-state index contributed by atoms with van der Waals surface area (Å²) in [7, 11) is 0. The van der Waals surface area contributed by atoms with E-state index in [0.29, 0.717) is 16.6 Å². The van der Waals surface area contributed by atoms with Crippen LogP contribution in [0, 0.1) is 0 Å². The second-order valence-electron chi connectivity index (χ2n) is 0.696. The minimum atomic E-state index is -0.184. The van der Waals surface area contributed by atoms with Gasteiger partial charge in [0.25, 0.3) is 5.97 Å². The van der Waals surface area contributed by atoms with Crippen molar-refractivity contribution in [3.05, 3.63) is 0 Å². The standard InChI is InChI=1S/C2H4O2.CH3Cl.Al.2H/c1-2(3)4;1-2;;;/h1H3,(H,3,4);1H3;;;/q;;+1;;/p-1. The zero-order valence-electron chi connectivity index (χ0n) is 4.69. The molecule has 0 bridgehead atoms. The fraction of sp³-hybridized carbons (Fsp3) is 0.667. The minimum absolute atomic E-state index is 0.184. The SMILES string of the molecule is CC(=O)[O][AlH2].CCl. The summed E-state index contributed by atoms with van der Waals surface area (Å²) in [5.41, 5.74) is 0. The lowest BCUT2D eigenvalue weighted by Crippen LogP contribution is -1.90. The predicted octanol–water partition coefficient (Wildman–Crippen LogP) is -0.0474. The third-order valence-corrected chi connectivity index (χ3v) is 0.862. The molecule has 0 N–H and O–H groups in total. The molecule has 0 aromatic heterocycles. The quantitative estimate of drug-likeness (QED) is 0.347. The number of hydrogen-bond acceptors (Lipinski definition) is 2. The van der Waals surface area contributed by atoms with Gasteiger partial charge in [0.2, 0.25) is 0 Å². The lowest BCUT2D eigenvalue weighted by Gasteiger charge is -1.84. The van der Waals surface area contributed by atoms with Gasteiger partial charge in [-0.3, -0.25) is 4.79 Å². The maximum Gasteiger partial charge on any atom is 0.499 e. The van der Waals surface area contributed by atoms with E-state index in [-0.39, 0.29) is 5.97 Å². The van der Waals surface area contributed by atoms with Gasteiger partial charge in [-0.2, -0.15) is 0 Å². The number of rotatable bonds is 0. The van der Waals surface area contributed by atoms with Crippen molar-refractivity contribution in [1.29, 1.82) is 0 Å². The topological polar surface area (TPSA) is 26.3 Å². The maximum absolute atomic E-state index is 9.62. The molecular formula is C3H8AlClO2. The van der Waals surface area contributed by atoms with E-state index in [2.05, 4.69) is 15.4 Å². The summed E-state index contributed by atoms with van der Waals surface area (Å²) >= 11 is 5.16. The van der Waals surface area contributed by atoms with Gasteiger partial charge >= 0.3 is 16.6 Å². The van der Waals surface area contributed by atoms with E-state index in [4.69, 9.17) is 0 Å². The molecule has 0 unspecified atom stereocenters. The molecule has 0 saturated carbocycles. The summed E-state index contributed by atoms with van der Waals surface area (Å²) in [6.45, 7) is 1.40. The van der Waals surface area contributed by atoms with Crippen LogP contribution in [0.4, 0.5) is 0 Å². The van der Waals surface area contributed by atoms with Gasteiger partial charge in [-0.25, -0.2) is 0 Å². The van der Waals surface area contributed by atoms with Crippen molar-refractivity contribution in [2.45, 2.75) is 6.92 Å². The zero-order valence-corrected chi connectivity index (χ0v) is 7.45. The first-order valence-electron chi connectivity index (χ1n) is 1.69. The molecule has 4 heteroatoms. The molecule has 42 valence electrons. The Morgan fingerprint density at radius 3 is 1.86 bits per heavy atom. The van der Waals surface area contributed by atoms with Gasteiger partial charge in [-0.05, 0) is 0 Å². The van der Waals surface area contributed by atoms with Crippen LogP contribution in [0.15, 0.2) is 0 Å². The average molecular weight is 139 g/mol. The van der Waals surface area contributed by atoms with Crippen LogP contribution >= 0.6 is 11.6 Å². The molecule has 0 spiro atoms. The smallest absolute Gasteiger partial charge is 0.499 e. The molecule has 0 saturated heterocycles. The molecule has 0 atom stereocenters. The van der Waals surface area contributed by atoms with Gasteiger partial charge in [-0.15, -0.1) is 11.6 Å². The Balaban J connectivity index is 0. The maximum atomic E-state index is 9.62. The molecule has 0 radical (unpaired) electrons. The highest BCUT2D eigenvalue weighted by molar-refractivity contribution is 6.15. The summed E-state index contributed by atoms with van der Waals surface area (Å²) in [6, 6.07) is 0. The minimum Gasteiger partial charge on any atom is -0.622 e. The van der Waals surface area contributed by atoms with Crippen LogP contribution < -0.4 is 0 Å². The van der Waals surface area contributed by atoms with Crippen molar-refractivity contribution in [2.24, 2.45) is 0 Å². The predicted molar refractivity (Wildman–Crippen MR) is 32.1 cm³/mol. The first-order chi connectivity index (χ1) is 3.27. The average Bonchev–Trinajstić information content (AvgIpc) is 1.73. The van der Waals surface area contributed by atoms with Crippen molar-refractivity contribution in [1.82, 2.24) is 0 Å². The monoisotopic (exact) mass is 138 g/mol. The van der Waals surface area contributed by atoms with E-state index >= 15 is 0 Å². The molecule has 0 rings (SSSR count). The van der Waals surface area contributed by atoms with E-state index in [9.17, 15) is 4.79 Å². The second kappa shape index (κ2) is 9.57. The summed E-state index contributed by atoms with van der Waals surface area (Å²) in [6.07, 6.45) is 1.47. The zero-order chi connectivity index (χ0) is 6.28. The highest BCUT2D eigenvalue weighted by Crippen LogP contribution is 1.58. The van der Waals surface area contributed by atoms with Crippen LogP contribution in [0.3, 0.4) is 0 Å². The Labute approximate surface area is 56.6 Å². The Bertz CT molecular complexity index is 48.2. The molecule has 0 aromatic rings. The molecular weight excluding hydrogens is 130 g/mol. The van der Waals surface area contributed by atoms with E-state index in [1.165, 1.54) is 13.3 Å². The highest BCUT2D eigenvalue weighted by atomic mass is 35.5. The molecule has 0 aliphatic heterocycles. The lowest BCUT2D eigenvalue weighted by atomic mass is 10.9. The first-order valence-corrected chi connectivity index (χ1v) is 3.27. The van der Waals surface area contributed by atoms with Crippen LogP contribution in [-0.2, 0) is 8.58 Å². The number of carbonyl (C=O) groups excluding carboxylic acids is 1. The van der Waals surface area contributed by atoms with E-state index in [1.54, 1.807) is 0 Å². The third kappa shape index (κ3) is 22.1. The van der Waals surface area contributed by atoms with E-state index in [0.717, 1.165) is 0 Å². The van der Waals surface area contributed by atoms with Crippen LogP contribution in [0.1, 0.15) is 6.92 Å². The van der Waals surface area contributed by atoms with Gasteiger partial charge in [0.15, 0.2) is 0 Å². The molecule has 0 heterocycles.